The SMILES string of the molecule is Cc1cc2cc(n1)-c1cnn(C)c1OC[C@H]1CC[C@H](C1)Cn1c(nc3ccc(N4CCN(C5CCN(c6cccc7c6C(C)(C)C(=O)N7C6CCC(=O)NC6=O)CC5)CC4)cc31)NC2=O. The zero-order chi connectivity index (χ0) is 44.7. The first kappa shape index (κ1) is 41.4. The van der Waals surface area contributed by atoms with Crippen molar-refractivity contribution in [3.63, 3.8) is 0 Å². The van der Waals surface area contributed by atoms with E-state index in [2.05, 4.69) is 59.3 Å². The van der Waals surface area contributed by atoms with Gasteiger partial charge in [0.1, 0.15) is 6.04 Å². The van der Waals surface area contributed by atoms with Crippen LogP contribution < -0.4 is 30.1 Å². The van der Waals surface area contributed by atoms with Gasteiger partial charge in [-0.05, 0) is 114 Å². The summed E-state index contributed by atoms with van der Waals surface area (Å²) in [5.41, 5.74) is 7.73. The van der Waals surface area contributed by atoms with Crippen LogP contribution in [0.3, 0.4) is 0 Å². The summed E-state index contributed by atoms with van der Waals surface area (Å²) in [7, 11) is 1.88. The van der Waals surface area contributed by atoms with Crippen LogP contribution in [0.15, 0.2) is 54.7 Å². The number of piperazine rings is 1. The Kier molecular flexibility index (Phi) is 10.2. The van der Waals surface area contributed by atoms with Gasteiger partial charge in [0.2, 0.25) is 29.5 Å². The van der Waals surface area contributed by atoms with Crippen molar-refractivity contribution in [2.45, 2.75) is 89.8 Å². The van der Waals surface area contributed by atoms with Gasteiger partial charge in [0.15, 0.2) is 0 Å². The van der Waals surface area contributed by atoms with Gasteiger partial charge in [-0.2, -0.15) is 5.10 Å². The number of piperidine rings is 2. The van der Waals surface area contributed by atoms with Crippen LogP contribution >= 0.6 is 0 Å². The van der Waals surface area contributed by atoms with Crippen molar-refractivity contribution < 1.29 is 23.9 Å². The number of fused-ring (bicyclic) bond motifs is 10. The molecule has 2 aromatic carbocycles. The number of imide groups is 1. The number of anilines is 4. The van der Waals surface area contributed by atoms with Gasteiger partial charge in [-0.1, -0.05) is 6.07 Å². The van der Waals surface area contributed by atoms with Crippen molar-refractivity contribution >= 4 is 57.7 Å². The molecule has 16 heteroatoms. The van der Waals surface area contributed by atoms with Crippen LogP contribution in [0.4, 0.5) is 23.0 Å². The molecule has 2 N–H and O–H groups in total. The highest BCUT2D eigenvalue weighted by molar-refractivity contribution is 6.15. The molecule has 65 heavy (non-hydrogen) atoms. The molecule has 16 nitrogen and oxygen atoms in total. The summed E-state index contributed by atoms with van der Waals surface area (Å²) in [5, 5.41) is 10.1. The quantitative estimate of drug-likeness (QED) is 0.222. The van der Waals surface area contributed by atoms with Crippen molar-refractivity contribution in [3.8, 4) is 17.1 Å². The number of benzene rings is 2. The molecule has 11 rings (SSSR count). The Hall–Kier alpha value is -6.29. The van der Waals surface area contributed by atoms with Crippen LogP contribution in [0.1, 0.15) is 80.4 Å². The van der Waals surface area contributed by atoms with Gasteiger partial charge in [-0.25, -0.2) is 9.67 Å². The van der Waals surface area contributed by atoms with Crippen LogP contribution in [-0.2, 0) is 33.4 Å². The van der Waals surface area contributed by atoms with E-state index in [0.717, 1.165) is 123 Å². The lowest BCUT2D eigenvalue weighted by molar-refractivity contribution is -0.136. The largest absolute Gasteiger partial charge is 0.477 e. The number of hydrogen-bond acceptors (Lipinski definition) is 11. The second kappa shape index (κ2) is 16.0. The predicted molar refractivity (Wildman–Crippen MR) is 247 cm³/mol. The third-order valence-corrected chi connectivity index (χ3v) is 15.1. The fourth-order valence-corrected chi connectivity index (χ4v) is 11.6. The number of nitrogens with one attached hydrogen (secondary N) is 2. The number of rotatable bonds is 4. The topological polar surface area (TPSA) is 163 Å². The number of aryl methyl sites for hydroxylation is 2. The molecule has 1 aliphatic carbocycles. The summed E-state index contributed by atoms with van der Waals surface area (Å²) in [6.45, 7) is 12.7. The third-order valence-electron chi connectivity index (χ3n) is 15.1. The number of nitrogens with zero attached hydrogens (tertiary/aromatic N) is 9. The molecule has 3 saturated heterocycles. The van der Waals surface area contributed by atoms with Crippen molar-refractivity contribution in [3.05, 3.63) is 71.5 Å². The normalized spacial score (nSPS) is 23.9. The molecule has 4 fully saturated rings. The first-order valence-electron chi connectivity index (χ1n) is 23.4. The van der Waals surface area contributed by atoms with E-state index in [-0.39, 0.29) is 24.1 Å². The van der Waals surface area contributed by atoms with Gasteiger partial charge in [0.05, 0.1) is 46.2 Å². The Labute approximate surface area is 378 Å². The molecule has 338 valence electrons. The molecule has 6 aliphatic rings. The Morgan fingerprint density at radius 3 is 2.40 bits per heavy atom. The van der Waals surface area contributed by atoms with E-state index in [9.17, 15) is 19.2 Å². The Balaban J connectivity index is 0.784. The second-order valence-corrected chi connectivity index (χ2v) is 19.6. The average Bonchev–Trinajstić information content (AvgIpc) is 4.05. The van der Waals surface area contributed by atoms with Gasteiger partial charge in [0.25, 0.3) is 5.91 Å². The summed E-state index contributed by atoms with van der Waals surface area (Å²) in [6.07, 6.45) is 7.54. The minimum absolute atomic E-state index is 0.0960. The molecular formula is C49H57N11O5. The van der Waals surface area contributed by atoms with Crippen LogP contribution in [0.2, 0.25) is 0 Å². The molecule has 1 unspecified atom stereocenters. The first-order chi connectivity index (χ1) is 31.4. The highest BCUT2D eigenvalue weighted by atomic mass is 16.5. The van der Waals surface area contributed by atoms with Gasteiger partial charge in [-0.15, -0.1) is 0 Å². The fraction of sp³-hybridized carbons (Fsp3) is 0.490. The molecule has 0 spiro atoms. The lowest BCUT2D eigenvalue weighted by Crippen LogP contribution is -2.55. The Morgan fingerprint density at radius 2 is 1.60 bits per heavy atom. The number of pyridine rings is 1. The Bertz CT molecular complexity index is 2740. The number of aromatic nitrogens is 5. The van der Waals surface area contributed by atoms with Crippen molar-refractivity contribution in [1.29, 1.82) is 0 Å². The maximum Gasteiger partial charge on any atom is 0.258 e. The van der Waals surface area contributed by atoms with Crippen LogP contribution in [0.25, 0.3) is 22.3 Å². The molecule has 1 saturated carbocycles. The first-order valence-corrected chi connectivity index (χ1v) is 23.4. The summed E-state index contributed by atoms with van der Waals surface area (Å²) >= 11 is 0. The zero-order valence-corrected chi connectivity index (χ0v) is 37.7. The molecule has 4 amide bonds. The number of hydrogen-bond donors (Lipinski definition) is 2. The van der Waals surface area contributed by atoms with E-state index < -0.39 is 17.4 Å². The lowest BCUT2D eigenvalue weighted by Gasteiger charge is -2.44. The summed E-state index contributed by atoms with van der Waals surface area (Å²) in [6, 6.07) is 16.0. The standard InChI is InChI=1S/C49H57N11O5/c1-29-22-32-24-37(51-29)35-26-50-55(4)46(35)65-28-31-9-8-30(23-31)27-59-41-25-34(10-11-36(41)52-48(59)54-44(32)62)57-20-18-56(19-21-57)33-14-16-58(17-15-33)38-6-5-7-39-43(38)49(2,3)47(64)60(39)40-12-13-42(61)53-45(40)63/h5-7,10-11,22,24-26,30-31,33,40H,8-9,12-21,23,27-28H2,1-4H3,(H,52,54,62)(H,53,61,63)/t30-,31+,40?/m1/s1. The highest BCUT2D eigenvalue weighted by Crippen LogP contribution is 2.49. The number of ether oxygens (including phenoxy) is 1. The average molecular weight is 880 g/mol. The number of carbonyl (C=O) groups is 4. The molecule has 8 heterocycles. The molecule has 0 radical (unpaired) electrons. The number of amides is 4. The number of imidazole rings is 1. The molecule has 4 bridgehead atoms. The Morgan fingerprint density at radius 1 is 0.815 bits per heavy atom. The molecule has 3 aromatic heterocycles. The maximum atomic E-state index is 14.0. The van der Waals surface area contributed by atoms with E-state index in [1.54, 1.807) is 15.8 Å². The lowest BCUT2D eigenvalue weighted by atomic mass is 9.84. The zero-order valence-electron chi connectivity index (χ0n) is 37.7. The van der Waals surface area contributed by atoms with E-state index in [0.29, 0.717) is 54.0 Å². The van der Waals surface area contributed by atoms with Gasteiger partial charge >= 0.3 is 0 Å². The van der Waals surface area contributed by atoms with E-state index >= 15 is 0 Å². The maximum absolute atomic E-state index is 14.0. The molecular weight excluding hydrogens is 823 g/mol. The highest BCUT2D eigenvalue weighted by Gasteiger charge is 2.51. The van der Waals surface area contributed by atoms with Gasteiger partial charge in [-0.3, -0.25) is 44.6 Å². The van der Waals surface area contributed by atoms with Crippen LogP contribution in [0, 0.1) is 18.8 Å². The van der Waals surface area contributed by atoms with Crippen molar-refractivity contribution in [2.75, 3.05) is 65.9 Å². The van der Waals surface area contributed by atoms with Crippen molar-refractivity contribution in [1.82, 2.24) is 34.5 Å². The monoisotopic (exact) mass is 879 g/mol. The van der Waals surface area contributed by atoms with E-state index in [1.807, 2.05) is 52.1 Å². The molecule has 5 aliphatic heterocycles. The van der Waals surface area contributed by atoms with Crippen LogP contribution in [-0.4, -0.2) is 111 Å². The van der Waals surface area contributed by atoms with Gasteiger partial charge in [0, 0.05) is 93.5 Å². The van der Waals surface area contributed by atoms with E-state index in [4.69, 9.17) is 14.7 Å². The predicted octanol–water partition coefficient (Wildman–Crippen LogP) is 5.42. The summed E-state index contributed by atoms with van der Waals surface area (Å²) in [5.74, 6) is 1.05. The third kappa shape index (κ3) is 7.29. The second-order valence-electron chi connectivity index (χ2n) is 19.6. The molecule has 5 aromatic rings. The summed E-state index contributed by atoms with van der Waals surface area (Å²) in [4.78, 5) is 71.8. The molecule has 3 atom stereocenters. The minimum Gasteiger partial charge on any atom is -0.477 e. The summed E-state index contributed by atoms with van der Waals surface area (Å²) < 4.78 is 10.4. The minimum atomic E-state index is -0.798. The smallest absolute Gasteiger partial charge is 0.258 e. The fourth-order valence-electron chi connectivity index (χ4n) is 11.6. The van der Waals surface area contributed by atoms with Crippen molar-refractivity contribution in [2.24, 2.45) is 18.9 Å². The number of carbonyl (C=O) groups excluding carboxylic acids is 4. The van der Waals surface area contributed by atoms with Gasteiger partial charge < -0.3 is 19.1 Å². The van der Waals surface area contributed by atoms with Crippen LogP contribution in [0.5, 0.6) is 5.88 Å². The van der Waals surface area contributed by atoms with E-state index in [1.165, 1.54) is 0 Å².